The van der Waals surface area contributed by atoms with Crippen molar-refractivity contribution in [3.63, 3.8) is 0 Å². The summed E-state index contributed by atoms with van der Waals surface area (Å²) < 4.78 is 15.1. The quantitative estimate of drug-likeness (QED) is 0.342. The van der Waals surface area contributed by atoms with Gasteiger partial charge in [-0.05, 0) is 58.7 Å². The molecule has 168 valence electrons. The summed E-state index contributed by atoms with van der Waals surface area (Å²) in [5, 5.41) is 11.7. The fourth-order valence-corrected chi connectivity index (χ4v) is 4.27. The van der Waals surface area contributed by atoms with Gasteiger partial charge >= 0.3 is 0 Å². The zero-order valence-corrected chi connectivity index (χ0v) is 18.1. The van der Waals surface area contributed by atoms with Crippen molar-refractivity contribution in [2.24, 2.45) is 5.90 Å². The first kappa shape index (κ1) is 21.6. The Labute approximate surface area is 195 Å². The molecule has 1 heterocycles. The van der Waals surface area contributed by atoms with E-state index in [-0.39, 0.29) is 17.9 Å². The number of fused-ring (bicyclic) bond motifs is 1. The third-order valence-electron chi connectivity index (χ3n) is 5.86. The zero-order chi connectivity index (χ0) is 23.7. The van der Waals surface area contributed by atoms with Crippen LogP contribution in [-0.4, -0.2) is 9.67 Å². The molecular formula is C28H21FN2O3. The molecule has 0 saturated heterocycles. The first-order valence-corrected chi connectivity index (χ1v) is 10.7. The lowest BCUT2D eigenvalue weighted by molar-refractivity contribution is 0.124. The molecule has 0 spiro atoms. The van der Waals surface area contributed by atoms with E-state index in [1.165, 1.54) is 24.3 Å². The molecule has 0 atom stereocenters. The predicted octanol–water partition coefficient (Wildman–Crippen LogP) is 5.56. The second-order valence-electron chi connectivity index (χ2n) is 7.91. The number of nitrogens with zero attached hydrogens (tertiary/aromatic N) is 1. The molecule has 5 aromatic rings. The number of halogens is 1. The maximum atomic E-state index is 13.8. The molecule has 0 aliphatic carbocycles. The molecule has 5 rings (SSSR count). The molecule has 4 aromatic carbocycles. The minimum Gasteiger partial charge on any atom is -0.506 e. The van der Waals surface area contributed by atoms with Crippen LogP contribution in [0.5, 0.6) is 5.75 Å². The summed E-state index contributed by atoms with van der Waals surface area (Å²) in [6, 6.07) is 28.0. The van der Waals surface area contributed by atoms with Gasteiger partial charge in [0, 0.05) is 11.1 Å². The molecule has 0 fully saturated rings. The van der Waals surface area contributed by atoms with Crippen LogP contribution in [0.4, 0.5) is 4.39 Å². The first-order chi connectivity index (χ1) is 16.6. The van der Waals surface area contributed by atoms with Gasteiger partial charge in [-0.2, -0.15) is 0 Å². The van der Waals surface area contributed by atoms with Crippen molar-refractivity contribution >= 4 is 10.9 Å². The fourth-order valence-electron chi connectivity index (χ4n) is 4.27. The normalized spacial score (nSPS) is 11.1. The third kappa shape index (κ3) is 3.75. The zero-order valence-electron chi connectivity index (χ0n) is 18.1. The van der Waals surface area contributed by atoms with E-state index in [2.05, 4.69) is 0 Å². The molecule has 0 saturated carbocycles. The molecule has 0 aliphatic heterocycles. The van der Waals surface area contributed by atoms with Crippen LogP contribution in [0.2, 0.25) is 0 Å². The summed E-state index contributed by atoms with van der Waals surface area (Å²) in [5.41, 5.74) is 3.98. The Kier molecular flexibility index (Phi) is 5.67. The number of aromatic hydroxyl groups is 1. The highest BCUT2D eigenvalue weighted by molar-refractivity contribution is 5.95. The van der Waals surface area contributed by atoms with Crippen LogP contribution in [0, 0.1) is 5.82 Å². The lowest BCUT2D eigenvalue weighted by Gasteiger charge is -2.17. The largest absolute Gasteiger partial charge is 0.506 e. The van der Waals surface area contributed by atoms with Crippen LogP contribution in [0.25, 0.3) is 38.8 Å². The highest BCUT2D eigenvalue weighted by Crippen LogP contribution is 2.36. The van der Waals surface area contributed by atoms with Crippen LogP contribution < -0.4 is 11.5 Å². The molecule has 1 aromatic heterocycles. The Balaban J connectivity index is 1.84. The van der Waals surface area contributed by atoms with E-state index in [9.17, 15) is 14.3 Å². The number of para-hydroxylation sites is 1. The van der Waals surface area contributed by atoms with Gasteiger partial charge in [0.25, 0.3) is 5.56 Å². The number of hydrogen-bond donors (Lipinski definition) is 2. The first-order valence-electron chi connectivity index (χ1n) is 10.7. The van der Waals surface area contributed by atoms with Gasteiger partial charge in [0.1, 0.15) is 11.6 Å². The van der Waals surface area contributed by atoms with E-state index in [1.807, 2.05) is 66.7 Å². The topological polar surface area (TPSA) is 77.5 Å². The standard InChI is InChI=1S/C28H21FN2O3/c29-21-13-10-18(11-14-21)26-27(32)24-15-12-19(23-9-5-4-6-20(23)17-34-30)16-25(24)31(28(26)33)22-7-2-1-3-8-22/h1-16,32H,17,30H2. The monoisotopic (exact) mass is 452 g/mol. The lowest BCUT2D eigenvalue weighted by atomic mass is 9.97. The van der Waals surface area contributed by atoms with Crippen LogP contribution in [-0.2, 0) is 11.4 Å². The van der Waals surface area contributed by atoms with E-state index < -0.39 is 11.4 Å². The summed E-state index contributed by atoms with van der Waals surface area (Å²) in [7, 11) is 0. The van der Waals surface area contributed by atoms with Gasteiger partial charge < -0.3 is 5.11 Å². The van der Waals surface area contributed by atoms with Crippen molar-refractivity contribution in [3.8, 4) is 33.7 Å². The van der Waals surface area contributed by atoms with E-state index in [4.69, 9.17) is 10.7 Å². The van der Waals surface area contributed by atoms with Gasteiger partial charge in [-0.3, -0.25) is 14.2 Å². The Morgan fingerprint density at radius 3 is 2.26 bits per heavy atom. The number of nitrogens with two attached hydrogens (primary N) is 1. The SMILES string of the molecule is NOCc1ccccc1-c1ccc2c(O)c(-c3ccc(F)cc3)c(=O)n(-c3ccccc3)c2c1. The maximum Gasteiger partial charge on any atom is 0.267 e. The van der Waals surface area contributed by atoms with Gasteiger partial charge in [0.15, 0.2) is 0 Å². The second-order valence-corrected chi connectivity index (χ2v) is 7.91. The van der Waals surface area contributed by atoms with Gasteiger partial charge in [0.2, 0.25) is 0 Å². The van der Waals surface area contributed by atoms with Gasteiger partial charge in [-0.25, -0.2) is 10.3 Å². The molecule has 0 aliphatic rings. The summed E-state index contributed by atoms with van der Waals surface area (Å²) in [4.78, 5) is 18.6. The minimum atomic E-state index is -0.419. The van der Waals surface area contributed by atoms with Gasteiger partial charge in [-0.1, -0.05) is 60.7 Å². The average molecular weight is 452 g/mol. The van der Waals surface area contributed by atoms with E-state index in [1.54, 1.807) is 10.6 Å². The number of benzene rings is 4. The van der Waals surface area contributed by atoms with Crippen LogP contribution >= 0.6 is 0 Å². The molecule has 0 amide bonds. The molecule has 5 nitrogen and oxygen atoms in total. The van der Waals surface area contributed by atoms with Crippen molar-refractivity contribution < 1.29 is 14.3 Å². The lowest BCUT2D eigenvalue weighted by Crippen LogP contribution is -2.21. The number of aromatic nitrogens is 1. The van der Waals surface area contributed by atoms with Gasteiger partial charge in [0.05, 0.1) is 17.7 Å². The van der Waals surface area contributed by atoms with Crippen LogP contribution in [0.1, 0.15) is 5.56 Å². The Morgan fingerprint density at radius 1 is 0.853 bits per heavy atom. The van der Waals surface area contributed by atoms with Gasteiger partial charge in [-0.15, -0.1) is 0 Å². The van der Waals surface area contributed by atoms with Crippen LogP contribution in [0.3, 0.4) is 0 Å². The Morgan fingerprint density at radius 2 is 1.53 bits per heavy atom. The van der Waals surface area contributed by atoms with E-state index in [0.717, 1.165) is 16.7 Å². The molecule has 0 radical (unpaired) electrons. The Hall–Kier alpha value is -4.26. The predicted molar refractivity (Wildman–Crippen MR) is 131 cm³/mol. The van der Waals surface area contributed by atoms with Crippen molar-refractivity contribution in [1.82, 2.24) is 4.57 Å². The minimum absolute atomic E-state index is 0.112. The number of pyridine rings is 1. The van der Waals surface area contributed by atoms with Crippen molar-refractivity contribution in [2.45, 2.75) is 6.61 Å². The smallest absolute Gasteiger partial charge is 0.267 e. The van der Waals surface area contributed by atoms with Crippen molar-refractivity contribution in [1.29, 1.82) is 0 Å². The fraction of sp³-hybridized carbons (Fsp3) is 0.0357. The summed E-state index contributed by atoms with van der Waals surface area (Å²) >= 11 is 0. The third-order valence-corrected chi connectivity index (χ3v) is 5.86. The molecular weight excluding hydrogens is 431 g/mol. The summed E-state index contributed by atoms with van der Waals surface area (Å²) in [5.74, 6) is 4.75. The average Bonchev–Trinajstić information content (AvgIpc) is 2.86. The second kappa shape index (κ2) is 8.94. The van der Waals surface area contributed by atoms with E-state index >= 15 is 0 Å². The van der Waals surface area contributed by atoms with Crippen molar-refractivity contribution in [3.05, 3.63) is 119 Å². The highest BCUT2D eigenvalue weighted by Gasteiger charge is 2.20. The Bertz CT molecular complexity index is 1540. The van der Waals surface area contributed by atoms with E-state index in [0.29, 0.717) is 22.2 Å². The number of hydrogen-bond acceptors (Lipinski definition) is 4. The molecule has 6 heteroatoms. The molecule has 3 N–H and O–H groups in total. The maximum absolute atomic E-state index is 13.8. The molecule has 0 unspecified atom stereocenters. The van der Waals surface area contributed by atoms with Crippen molar-refractivity contribution in [2.75, 3.05) is 0 Å². The molecule has 34 heavy (non-hydrogen) atoms. The number of rotatable bonds is 5. The van der Waals surface area contributed by atoms with Crippen LogP contribution in [0.15, 0.2) is 102 Å². The molecule has 0 bridgehead atoms. The highest BCUT2D eigenvalue weighted by atomic mass is 19.1. The summed E-state index contributed by atoms with van der Waals surface area (Å²) in [6.07, 6.45) is 0. The summed E-state index contributed by atoms with van der Waals surface area (Å²) in [6.45, 7) is 0.231.